The van der Waals surface area contributed by atoms with Gasteiger partial charge in [-0.05, 0) is 95.6 Å². The van der Waals surface area contributed by atoms with Crippen LogP contribution in [0.25, 0.3) is 0 Å². The second-order valence-corrected chi connectivity index (χ2v) is 12.1. The fourth-order valence-corrected chi connectivity index (χ4v) is 5.64. The minimum Gasteiger partial charge on any atom is -0.507 e. The SMILES string of the molecule is Cc1cc(CN2CCCNCCCN(Cc3cc(C)cc(C(=O)NC(CO)CO)c3O)CCC2)c(O)c(C(=O)NC(CO)CO)c1. The van der Waals surface area contributed by atoms with Crippen LogP contribution in [0, 0.1) is 13.8 Å². The van der Waals surface area contributed by atoms with Gasteiger partial charge in [-0.2, -0.15) is 0 Å². The lowest BCUT2D eigenvalue weighted by Gasteiger charge is -2.28. The van der Waals surface area contributed by atoms with Crippen LogP contribution in [-0.2, 0) is 13.1 Å². The van der Waals surface area contributed by atoms with E-state index in [-0.39, 0.29) is 22.6 Å². The summed E-state index contributed by atoms with van der Waals surface area (Å²) in [6, 6.07) is 5.25. The third kappa shape index (κ3) is 10.9. The highest BCUT2D eigenvalue weighted by molar-refractivity contribution is 5.98. The number of nitrogens with one attached hydrogen (secondary N) is 3. The molecule has 3 rings (SSSR count). The maximum Gasteiger partial charge on any atom is 0.255 e. The third-order valence-corrected chi connectivity index (χ3v) is 8.10. The van der Waals surface area contributed by atoms with E-state index < -0.39 is 50.3 Å². The standard InChI is InChI=1S/C33H51N5O8/c1-22-12-24(30(43)28(14-22)32(45)35-26(18-39)19-40)16-37-8-3-6-34-7-4-9-38(11-5-10-37)17-25-13-23(2)15-29(31(25)44)33(46)36-27(20-41)21-42/h12-15,26-27,34,39-44H,3-11,16-21H2,1-2H3,(H,35,45)(H,36,46). The van der Waals surface area contributed by atoms with E-state index in [1.807, 2.05) is 26.0 Å². The van der Waals surface area contributed by atoms with Gasteiger partial charge in [0.1, 0.15) is 11.5 Å². The number of phenols is 2. The summed E-state index contributed by atoms with van der Waals surface area (Å²) in [5, 5.41) is 68.1. The molecule has 1 aliphatic heterocycles. The van der Waals surface area contributed by atoms with E-state index in [0.29, 0.717) is 24.2 Å². The number of hydrogen-bond donors (Lipinski definition) is 9. The highest BCUT2D eigenvalue weighted by Crippen LogP contribution is 2.28. The predicted octanol–water partition coefficient (Wildman–Crippen LogP) is -0.0417. The van der Waals surface area contributed by atoms with Crippen LogP contribution in [-0.4, -0.2) is 130 Å². The zero-order valence-electron chi connectivity index (χ0n) is 27.0. The molecule has 13 nitrogen and oxygen atoms in total. The largest absolute Gasteiger partial charge is 0.507 e. The smallest absolute Gasteiger partial charge is 0.255 e. The summed E-state index contributed by atoms with van der Waals surface area (Å²) < 4.78 is 0. The van der Waals surface area contributed by atoms with Gasteiger partial charge in [-0.25, -0.2) is 0 Å². The molecule has 0 saturated carbocycles. The highest BCUT2D eigenvalue weighted by Gasteiger charge is 2.22. The maximum atomic E-state index is 12.8. The molecule has 1 aliphatic rings. The van der Waals surface area contributed by atoms with Crippen molar-refractivity contribution in [2.24, 2.45) is 0 Å². The summed E-state index contributed by atoms with van der Waals surface area (Å²) in [7, 11) is 0. The Morgan fingerprint density at radius 1 is 0.674 bits per heavy atom. The van der Waals surface area contributed by atoms with Gasteiger partial charge in [0.2, 0.25) is 0 Å². The Morgan fingerprint density at radius 2 is 1.04 bits per heavy atom. The summed E-state index contributed by atoms with van der Waals surface area (Å²) in [5.41, 5.74) is 3.04. The van der Waals surface area contributed by atoms with E-state index in [9.17, 15) is 40.2 Å². The van der Waals surface area contributed by atoms with Crippen molar-refractivity contribution < 1.29 is 40.2 Å². The van der Waals surface area contributed by atoms with Crippen molar-refractivity contribution in [2.75, 3.05) is 65.7 Å². The number of aliphatic hydroxyl groups excluding tert-OH is 4. The molecule has 0 radical (unpaired) electrons. The summed E-state index contributed by atoms with van der Waals surface area (Å²) in [5.74, 6) is -1.37. The lowest BCUT2D eigenvalue weighted by atomic mass is 10.0. The van der Waals surface area contributed by atoms with E-state index in [4.69, 9.17) is 0 Å². The summed E-state index contributed by atoms with van der Waals surface area (Å²) >= 11 is 0. The van der Waals surface area contributed by atoms with Gasteiger partial charge < -0.3 is 46.6 Å². The molecule has 1 fully saturated rings. The molecule has 256 valence electrons. The summed E-state index contributed by atoms with van der Waals surface area (Å²) in [4.78, 5) is 30.1. The quantitative estimate of drug-likeness (QED) is 0.150. The van der Waals surface area contributed by atoms with Crippen LogP contribution >= 0.6 is 0 Å². The molecule has 2 aromatic rings. The molecule has 46 heavy (non-hydrogen) atoms. The summed E-state index contributed by atoms with van der Waals surface area (Å²) in [6.45, 7) is 7.52. The van der Waals surface area contributed by atoms with Crippen molar-refractivity contribution in [2.45, 2.75) is 58.3 Å². The van der Waals surface area contributed by atoms with Crippen LogP contribution in [0.15, 0.2) is 24.3 Å². The number of benzene rings is 2. The number of nitrogens with zero attached hydrogens (tertiary/aromatic N) is 2. The Kier molecular flexibility index (Phi) is 15.1. The van der Waals surface area contributed by atoms with Crippen molar-refractivity contribution >= 4 is 11.8 Å². The Morgan fingerprint density at radius 3 is 1.41 bits per heavy atom. The molecular formula is C33H51N5O8. The van der Waals surface area contributed by atoms with E-state index >= 15 is 0 Å². The van der Waals surface area contributed by atoms with Crippen LogP contribution in [0.4, 0.5) is 0 Å². The molecule has 1 saturated heterocycles. The monoisotopic (exact) mass is 645 g/mol. The van der Waals surface area contributed by atoms with Crippen molar-refractivity contribution in [1.29, 1.82) is 0 Å². The van der Waals surface area contributed by atoms with Gasteiger partial charge in [-0.3, -0.25) is 19.4 Å². The van der Waals surface area contributed by atoms with Gasteiger partial charge >= 0.3 is 0 Å². The molecule has 0 spiro atoms. The van der Waals surface area contributed by atoms with Crippen molar-refractivity contribution in [3.8, 4) is 11.5 Å². The molecule has 0 aromatic heterocycles. The Labute approximate surface area is 270 Å². The van der Waals surface area contributed by atoms with Gasteiger partial charge in [-0.1, -0.05) is 12.1 Å². The second kappa shape index (κ2) is 18.7. The van der Waals surface area contributed by atoms with Crippen molar-refractivity contribution in [3.05, 3.63) is 57.6 Å². The molecule has 1 heterocycles. The lowest BCUT2D eigenvalue weighted by Crippen LogP contribution is -2.40. The number of aromatic hydroxyl groups is 2. The first-order chi connectivity index (χ1) is 22.1. The molecular weight excluding hydrogens is 594 g/mol. The first-order valence-electron chi connectivity index (χ1n) is 16.0. The minimum absolute atomic E-state index is 0.0957. The first-order valence-corrected chi connectivity index (χ1v) is 16.0. The average molecular weight is 646 g/mol. The number of aliphatic hydroxyl groups is 4. The number of amides is 2. The molecule has 2 amide bonds. The topological polar surface area (TPSA) is 198 Å². The molecule has 2 aromatic carbocycles. The predicted molar refractivity (Wildman–Crippen MR) is 174 cm³/mol. The number of carbonyl (C=O) groups excluding carboxylic acids is 2. The zero-order chi connectivity index (χ0) is 33.6. The zero-order valence-corrected chi connectivity index (χ0v) is 27.0. The molecule has 0 bridgehead atoms. The van der Waals surface area contributed by atoms with Crippen molar-refractivity contribution in [3.63, 3.8) is 0 Å². The Hall–Kier alpha value is -3.30. The van der Waals surface area contributed by atoms with Gasteiger partial charge in [0.05, 0.1) is 49.6 Å². The lowest BCUT2D eigenvalue weighted by molar-refractivity contribution is 0.0870. The Bertz CT molecular complexity index is 1190. The molecule has 0 unspecified atom stereocenters. The fourth-order valence-electron chi connectivity index (χ4n) is 5.64. The molecule has 0 atom stereocenters. The van der Waals surface area contributed by atoms with Gasteiger partial charge in [0.15, 0.2) is 0 Å². The second-order valence-electron chi connectivity index (χ2n) is 12.1. The first kappa shape index (κ1) is 37.2. The van der Waals surface area contributed by atoms with Crippen LogP contribution < -0.4 is 16.0 Å². The van der Waals surface area contributed by atoms with E-state index in [0.717, 1.165) is 69.7 Å². The van der Waals surface area contributed by atoms with E-state index in [1.165, 1.54) is 0 Å². The fraction of sp³-hybridized carbons (Fsp3) is 0.576. The van der Waals surface area contributed by atoms with Crippen molar-refractivity contribution in [1.82, 2.24) is 25.8 Å². The molecule has 0 aliphatic carbocycles. The van der Waals surface area contributed by atoms with Gasteiger partial charge in [0, 0.05) is 24.2 Å². The van der Waals surface area contributed by atoms with Crippen LogP contribution in [0.3, 0.4) is 0 Å². The van der Waals surface area contributed by atoms with Crippen LogP contribution in [0.2, 0.25) is 0 Å². The number of aryl methyl sites for hydroxylation is 2. The number of rotatable bonds is 12. The molecule has 9 N–H and O–H groups in total. The average Bonchev–Trinajstić information content (AvgIpc) is 3.03. The van der Waals surface area contributed by atoms with E-state index in [1.54, 1.807) is 12.1 Å². The maximum absolute atomic E-state index is 12.8. The highest BCUT2D eigenvalue weighted by atomic mass is 16.3. The third-order valence-electron chi connectivity index (χ3n) is 8.10. The van der Waals surface area contributed by atoms with Gasteiger partial charge in [-0.15, -0.1) is 0 Å². The normalized spacial score (nSPS) is 15.8. The van der Waals surface area contributed by atoms with E-state index in [2.05, 4.69) is 25.8 Å². The number of hydrogen-bond acceptors (Lipinski definition) is 11. The number of phenolic OH excluding ortho intramolecular Hbond substituents is 2. The minimum atomic E-state index is -0.822. The molecule has 13 heteroatoms. The van der Waals surface area contributed by atoms with Gasteiger partial charge in [0.25, 0.3) is 11.8 Å². The van der Waals surface area contributed by atoms with Crippen LogP contribution in [0.5, 0.6) is 11.5 Å². The Balaban J connectivity index is 1.74. The van der Waals surface area contributed by atoms with Crippen LogP contribution in [0.1, 0.15) is 62.2 Å². The summed E-state index contributed by atoms with van der Waals surface area (Å²) in [6.07, 6.45) is 2.62. The number of carbonyl (C=O) groups is 2.